The minimum atomic E-state index is -0.798. The van der Waals surface area contributed by atoms with E-state index in [-0.39, 0.29) is 11.8 Å². The normalized spacial score (nSPS) is 16.8. The number of aliphatic hydroxyl groups is 1. The van der Waals surface area contributed by atoms with Crippen molar-refractivity contribution in [2.75, 3.05) is 6.54 Å². The molecule has 1 aromatic rings. The van der Waals surface area contributed by atoms with Crippen molar-refractivity contribution < 1.29 is 5.11 Å². The number of nitrogens with two attached hydrogens (primary N) is 1. The molecule has 5 heteroatoms. The lowest BCUT2D eigenvalue weighted by Gasteiger charge is -2.24. The summed E-state index contributed by atoms with van der Waals surface area (Å²) in [6.07, 6.45) is 2.41. The first-order valence-electron chi connectivity index (χ1n) is 5.14. The Hall–Kier alpha value is -0.100. The molecule has 3 N–H and O–H groups in total. The monoisotopic (exact) mass is 304 g/mol. The molecule has 0 aromatic carbocycles. The number of nitrogens with zero attached hydrogens (tertiary/aromatic N) is 1. The maximum atomic E-state index is 9.87. The number of halogens is 1. The molecule has 0 spiro atoms. The summed E-state index contributed by atoms with van der Waals surface area (Å²) in [5.41, 5.74) is 4.70. The van der Waals surface area contributed by atoms with Crippen molar-refractivity contribution in [1.82, 2.24) is 4.98 Å². The van der Waals surface area contributed by atoms with Crippen LogP contribution in [0, 0.1) is 0 Å². The highest BCUT2D eigenvalue weighted by atomic mass is 79.9. The smallest absolute Gasteiger partial charge is 0.110 e. The summed E-state index contributed by atoms with van der Waals surface area (Å²) in [5.74, 6) is 0. The van der Waals surface area contributed by atoms with Gasteiger partial charge in [-0.15, -0.1) is 11.8 Å². The summed E-state index contributed by atoms with van der Waals surface area (Å²) >= 11 is 5.09. The first-order chi connectivity index (χ1) is 7.44. The van der Waals surface area contributed by atoms with Crippen LogP contribution in [0.25, 0.3) is 0 Å². The number of thioether (sulfide) groups is 1. The van der Waals surface area contributed by atoms with Crippen molar-refractivity contribution in [3.05, 3.63) is 22.8 Å². The number of pyridine rings is 1. The standard InChI is InChI=1S/C11H17BrN2OS/c1-8(6-11(2,15)7-13)16-10-9(12)4-3-5-14-10/h3-5,8,15H,6-7,13H2,1-2H3. The highest BCUT2D eigenvalue weighted by Gasteiger charge is 2.22. The van der Waals surface area contributed by atoms with Gasteiger partial charge in [-0.3, -0.25) is 0 Å². The summed E-state index contributed by atoms with van der Waals surface area (Å²) in [4.78, 5) is 4.28. The van der Waals surface area contributed by atoms with Crippen LogP contribution >= 0.6 is 27.7 Å². The predicted octanol–water partition coefficient (Wildman–Crippen LogP) is 2.42. The van der Waals surface area contributed by atoms with Gasteiger partial charge in [-0.1, -0.05) is 6.92 Å². The summed E-state index contributed by atoms with van der Waals surface area (Å²) in [7, 11) is 0. The van der Waals surface area contributed by atoms with E-state index in [4.69, 9.17) is 5.73 Å². The van der Waals surface area contributed by atoms with Gasteiger partial charge in [0.2, 0.25) is 0 Å². The summed E-state index contributed by atoms with van der Waals surface area (Å²) in [6.45, 7) is 4.11. The number of rotatable bonds is 5. The van der Waals surface area contributed by atoms with Crippen LogP contribution in [0.4, 0.5) is 0 Å². The Morgan fingerprint density at radius 2 is 2.38 bits per heavy atom. The van der Waals surface area contributed by atoms with Crippen LogP contribution in [0.5, 0.6) is 0 Å². The van der Waals surface area contributed by atoms with E-state index in [0.29, 0.717) is 6.42 Å². The van der Waals surface area contributed by atoms with Crippen molar-refractivity contribution in [1.29, 1.82) is 0 Å². The third-order valence-electron chi connectivity index (χ3n) is 2.20. The van der Waals surface area contributed by atoms with Gasteiger partial charge in [0.15, 0.2) is 0 Å². The third-order valence-corrected chi connectivity index (χ3v) is 4.22. The number of hydrogen-bond acceptors (Lipinski definition) is 4. The molecule has 0 saturated heterocycles. The Bertz CT molecular complexity index is 347. The maximum absolute atomic E-state index is 9.87. The fourth-order valence-electron chi connectivity index (χ4n) is 1.39. The van der Waals surface area contributed by atoms with Crippen LogP contribution in [0.15, 0.2) is 27.8 Å². The van der Waals surface area contributed by atoms with Crippen LogP contribution in [-0.2, 0) is 0 Å². The van der Waals surface area contributed by atoms with E-state index in [9.17, 15) is 5.11 Å². The van der Waals surface area contributed by atoms with Gasteiger partial charge in [0.05, 0.1) is 5.60 Å². The van der Waals surface area contributed by atoms with Crippen LogP contribution in [0.3, 0.4) is 0 Å². The van der Waals surface area contributed by atoms with Crippen LogP contribution < -0.4 is 5.73 Å². The molecule has 16 heavy (non-hydrogen) atoms. The second-order valence-corrected chi connectivity index (χ2v) is 6.41. The van der Waals surface area contributed by atoms with Gasteiger partial charge < -0.3 is 10.8 Å². The molecule has 0 aliphatic carbocycles. The van der Waals surface area contributed by atoms with Crippen molar-refractivity contribution in [3.8, 4) is 0 Å². The lowest BCUT2D eigenvalue weighted by atomic mass is 10.0. The molecule has 0 amide bonds. The molecular formula is C11H17BrN2OS. The third kappa shape index (κ3) is 4.41. The van der Waals surface area contributed by atoms with E-state index in [1.54, 1.807) is 24.9 Å². The van der Waals surface area contributed by atoms with Crippen molar-refractivity contribution >= 4 is 27.7 Å². The van der Waals surface area contributed by atoms with Gasteiger partial charge in [0.25, 0.3) is 0 Å². The fraction of sp³-hybridized carbons (Fsp3) is 0.545. The molecule has 0 saturated carbocycles. The quantitative estimate of drug-likeness (QED) is 0.820. The average molecular weight is 305 g/mol. The van der Waals surface area contributed by atoms with Crippen molar-refractivity contribution in [3.63, 3.8) is 0 Å². The fourth-order valence-corrected chi connectivity index (χ4v) is 3.05. The van der Waals surface area contributed by atoms with Crippen molar-refractivity contribution in [2.24, 2.45) is 5.73 Å². The van der Waals surface area contributed by atoms with E-state index in [1.807, 2.05) is 12.1 Å². The van der Waals surface area contributed by atoms with Crippen LogP contribution in [0.2, 0.25) is 0 Å². The molecule has 3 nitrogen and oxygen atoms in total. The zero-order valence-electron chi connectivity index (χ0n) is 9.48. The summed E-state index contributed by atoms with van der Waals surface area (Å²) in [5, 5.41) is 11.1. The molecular weight excluding hydrogens is 288 g/mol. The minimum absolute atomic E-state index is 0.268. The molecule has 0 bridgehead atoms. The Kier molecular flexibility index (Phi) is 5.24. The summed E-state index contributed by atoms with van der Waals surface area (Å²) < 4.78 is 0.985. The molecule has 0 fully saturated rings. The first-order valence-corrected chi connectivity index (χ1v) is 6.81. The number of hydrogen-bond donors (Lipinski definition) is 2. The topological polar surface area (TPSA) is 59.1 Å². The zero-order chi connectivity index (χ0) is 12.2. The van der Waals surface area contributed by atoms with E-state index in [1.165, 1.54) is 0 Å². The summed E-state index contributed by atoms with van der Waals surface area (Å²) in [6, 6.07) is 3.85. The van der Waals surface area contributed by atoms with Crippen LogP contribution in [0.1, 0.15) is 20.3 Å². The Morgan fingerprint density at radius 3 is 2.94 bits per heavy atom. The van der Waals surface area contributed by atoms with Gasteiger partial charge in [0.1, 0.15) is 5.03 Å². The largest absolute Gasteiger partial charge is 0.389 e. The van der Waals surface area contributed by atoms with Crippen molar-refractivity contribution in [2.45, 2.75) is 36.1 Å². The van der Waals surface area contributed by atoms with Gasteiger partial charge in [-0.05, 0) is 41.4 Å². The maximum Gasteiger partial charge on any atom is 0.110 e. The molecule has 90 valence electrons. The highest BCUT2D eigenvalue weighted by molar-refractivity contribution is 9.10. The average Bonchev–Trinajstić information content (AvgIpc) is 2.21. The Morgan fingerprint density at radius 1 is 1.69 bits per heavy atom. The van der Waals surface area contributed by atoms with E-state index in [0.717, 1.165) is 9.50 Å². The molecule has 1 heterocycles. The second-order valence-electron chi connectivity index (χ2n) is 4.12. The zero-order valence-corrected chi connectivity index (χ0v) is 11.9. The molecule has 1 aromatic heterocycles. The SMILES string of the molecule is CC(CC(C)(O)CN)Sc1ncccc1Br. The lowest BCUT2D eigenvalue weighted by molar-refractivity contribution is 0.0608. The highest BCUT2D eigenvalue weighted by Crippen LogP contribution is 2.31. The minimum Gasteiger partial charge on any atom is -0.389 e. The van der Waals surface area contributed by atoms with E-state index < -0.39 is 5.60 Å². The lowest BCUT2D eigenvalue weighted by Crippen LogP contribution is -2.36. The van der Waals surface area contributed by atoms with E-state index >= 15 is 0 Å². The second kappa shape index (κ2) is 6.00. The molecule has 1 rings (SSSR count). The Balaban J connectivity index is 2.58. The van der Waals surface area contributed by atoms with Gasteiger partial charge in [-0.25, -0.2) is 4.98 Å². The van der Waals surface area contributed by atoms with Gasteiger partial charge >= 0.3 is 0 Å². The Labute approximate surface area is 109 Å². The van der Waals surface area contributed by atoms with Crippen LogP contribution in [-0.4, -0.2) is 27.5 Å². The van der Waals surface area contributed by atoms with Gasteiger partial charge in [-0.2, -0.15) is 0 Å². The molecule has 2 unspecified atom stereocenters. The van der Waals surface area contributed by atoms with E-state index in [2.05, 4.69) is 27.8 Å². The van der Waals surface area contributed by atoms with Gasteiger partial charge in [0, 0.05) is 22.5 Å². The predicted molar refractivity (Wildman–Crippen MR) is 71.6 cm³/mol. The number of aromatic nitrogens is 1. The molecule has 0 aliphatic heterocycles. The molecule has 0 radical (unpaired) electrons. The first kappa shape index (κ1) is 14.0. The molecule has 2 atom stereocenters. The molecule has 0 aliphatic rings.